The van der Waals surface area contributed by atoms with Crippen LogP contribution in [0.5, 0.6) is 0 Å². The second-order valence-corrected chi connectivity index (χ2v) is 6.63. The van der Waals surface area contributed by atoms with Gasteiger partial charge in [-0.15, -0.1) is 11.3 Å². The maximum absolute atomic E-state index is 12.0. The molecule has 1 aromatic heterocycles. The molecule has 4 nitrogen and oxygen atoms in total. The summed E-state index contributed by atoms with van der Waals surface area (Å²) >= 11 is 1.35. The Morgan fingerprint density at radius 1 is 1.44 bits per heavy atom. The van der Waals surface area contributed by atoms with Crippen molar-refractivity contribution in [2.24, 2.45) is 0 Å². The molecule has 0 saturated heterocycles. The van der Waals surface area contributed by atoms with Crippen molar-refractivity contribution >= 4 is 38.3 Å². The van der Waals surface area contributed by atoms with E-state index in [9.17, 15) is 9.00 Å². The number of para-hydroxylation sites is 1. The highest BCUT2D eigenvalue weighted by atomic mass is 32.2. The molecule has 0 saturated carbocycles. The van der Waals surface area contributed by atoms with Gasteiger partial charge in [0.2, 0.25) is 0 Å². The largest absolute Gasteiger partial charge is 0.462 e. The number of rotatable bonds is 4. The zero-order valence-corrected chi connectivity index (χ0v) is 11.7. The highest BCUT2D eigenvalue weighted by Crippen LogP contribution is 2.24. The molecule has 1 aromatic carbocycles. The SMILES string of the molecule is CC(C)OC(=O)C[S@@](=O)c1nc2ccccc2s1. The van der Waals surface area contributed by atoms with Crippen LogP contribution in [0.1, 0.15) is 13.8 Å². The van der Waals surface area contributed by atoms with E-state index in [1.54, 1.807) is 13.8 Å². The first kappa shape index (κ1) is 13.2. The molecule has 0 aliphatic carbocycles. The number of hydrogen-bond donors (Lipinski definition) is 0. The van der Waals surface area contributed by atoms with Crippen molar-refractivity contribution in [3.05, 3.63) is 24.3 Å². The van der Waals surface area contributed by atoms with Crippen LogP contribution in [0.3, 0.4) is 0 Å². The summed E-state index contributed by atoms with van der Waals surface area (Å²) in [5.74, 6) is -0.597. The fourth-order valence-corrected chi connectivity index (χ4v) is 3.53. The molecule has 1 atom stereocenters. The van der Waals surface area contributed by atoms with E-state index in [1.807, 2.05) is 24.3 Å². The number of carbonyl (C=O) groups is 1. The Labute approximate surface area is 111 Å². The lowest BCUT2D eigenvalue weighted by molar-refractivity contribution is -0.144. The topological polar surface area (TPSA) is 56.3 Å². The third-order valence-electron chi connectivity index (χ3n) is 2.09. The zero-order valence-electron chi connectivity index (χ0n) is 10.1. The third-order valence-corrected chi connectivity index (χ3v) is 4.70. The molecule has 0 radical (unpaired) electrons. The van der Waals surface area contributed by atoms with Gasteiger partial charge in [-0.1, -0.05) is 12.1 Å². The molecule has 1 heterocycles. The lowest BCUT2D eigenvalue weighted by Crippen LogP contribution is -2.18. The van der Waals surface area contributed by atoms with Gasteiger partial charge in [0, 0.05) is 0 Å². The summed E-state index contributed by atoms with van der Waals surface area (Å²) in [4.78, 5) is 15.7. The first-order valence-electron chi connectivity index (χ1n) is 5.49. The number of aromatic nitrogens is 1. The van der Waals surface area contributed by atoms with E-state index >= 15 is 0 Å². The van der Waals surface area contributed by atoms with E-state index in [0.29, 0.717) is 4.34 Å². The molecule has 0 unspecified atom stereocenters. The van der Waals surface area contributed by atoms with Gasteiger partial charge in [-0.05, 0) is 26.0 Å². The van der Waals surface area contributed by atoms with Crippen LogP contribution in [-0.4, -0.2) is 27.0 Å². The van der Waals surface area contributed by atoms with Crippen LogP contribution < -0.4 is 0 Å². The number of benzene rings is 1. The summed E-state index contributed by atoms with van der Waals surface area (Å²) in [5.41, 5.74) is 0.808. The second kappa shape index (κ2) is 5.58. The van der Waals surface area contributed by atoms with E-state index in [2.05, 4.69) is 4.98 Å². The maximum Gasteiger partial charge on any atom is 0.319 e. The number of nitrogens with zero attached hydrogens (tertiary/aromatic N) is 1. The van der Waals surface area contributed by atoms with Crippen molar-refractivity contribution in [1.29, 1.82) is 0 Å². The minimum absolute atomic E-state index is 0.141. The lowest BCUT2D eigenvalue weighted by Gasteiger charge is -2.06. The van der Waals surface area contributed by atoms with Crippen LogP contribution in [0.4, 0.5) is 0 Å². The highest BCUT2D eigenvalue weighted by molar-refractivity contribution is 7.88. The number of esters is 1. The van der Waals surface area contributed by atoms with E-state index < -0.39 is 16.8 Å². The normalized spacial score (nSPS) is 12.8. The molecule has 96 valence electrons. The molecule has 0 spiro atoms. The average Bonchev–Trinajstić information content (AvgIpc) is 2.71. The molecule has 0 aliphatic heterocycles. The van der Waals surface area contributed by atoms with E-state index in [0.717, 1.165) is 10.2 Å². The smallest absolute Gasteiger partial charge is 0.319 e. The minimum atomic E-state index is -1.43. The van der Waals surface area contributed by atoms with Crippen molar-refractivity contribution in [3.63, 3.8) is 0 Å². The monoisotopic (exact) mass is 283 g/mol. The van der Waals surface area contributed by atoms with Gasteiger partial charge in [0.15, 0.2) is 4.34 Å². The van der Waals surface area contributed by atoms with Crippen LogP contribution in [0.15, 0.2) is 28.6 Å². The van der Waals surface area contributed by atoms with Crippen molar-refractivity contribution in [2.45, 2.75) is 24.3 Å². The Morgan fingerprint density at radius 2 is 2.17 bits per heavy atom. The Hall–Kier alpha value is -1.27. The van der Waals surface area contributed by atoms with Gasteiger partial charge in [-0.25, -0.2) is 4.98 Å². The Kier molecular flexibility index (Phi) is 4.08. The molecule has 0 N–H and O–H groups in total. The maximum atomic E-state index is 12.0. The standard InChI is InChI=1S/C12H13NO3S2/c1-8(2)16-11(14)7-18(15)12-13-9-5-3-4-6-10(9)17-12/h3-6,8H,7H2,1-2H3/t18-/m1/s1. The number of fused-ring (bicyclic) bond motifs is 1. The van der Waals surface area contributed by atoms with Crippen LogP contribution in [0.2, 0.25) is 0 Å². The number of ether oxygens (including phenoxy) is 1. The molecule has 0 amide bonds. The summed E-state index contributed by atoms with van der Waals surface area (Å²) in [6.45, 7) is 3.52. The highest BCUT2D eigenvalue weighted by Gasteiger charge is 2.16. The summed E-state index contributed by atoms with van der Waals surface area (Å²) in [6.07, 6.45) is -0.190. The molecular formula is C12H13NO3S2. The number of hydrogen-bond acceptors (Lipinski definition) is 5. The van der Waals surface area contributed by atoms with Crippen molar-refractivity contribution in [1.82, 2.24) is 4.98 Å². The third kappa shape index (κ3) is 3.14. The summed E-state index contributed by atoms with van der Waals surface area (Å²) in [6, 6.07) is 7.56. The zero-order chi connectivity index (χ0) is 13.1. The molecule has 0 fully saturated rings. The van der Waals surface area contributed by atoms with Crippen LogP contribution in [-0.2, 0) is 20.3 Å². The molecule has 0 bridgehead atoms. The summed E-state index contributed by atoms with van der Waals surface area (Å²) in [7, 11) is -1.43. The fraction of sp³-hybridized carbons (Fsp3) is 0.333. The predicted molar refractivity (Wildman–Crippen MR) is 72.1 cm³/mol. The molecule has 0 aliphatic rings. The number of carbonyl (C=O) groups excluding carboxylic acids is 1. The van der Waals surface area contributed by atoms with Gasteiger partial charge in [0.25, 0.3) is 0 Å². The van der Waals surface area contributed by atoms with Gasteiger partial charge < -0.3 is 4.74 Å². The Balaban J connectivity index is 2.11. The molecule has 2 aromatic rings. The summed E-state index contributed by atoms with van der Waals surface area (Å²) in [5, 5.41) is 0. The minimum Gasteiger partial charge on any atom is -0.462 e. The fourth-order valence-electron chi connectivity index (χ4n) is 1.41. The van der Waals surface area contributed by atoms with Crippen LogP contribution >= 0.6 is 11.3 Å². The Morgan fingerprint density at radius 3 is 2.83 bits per heavy atom. The van der Waals surface area contributed by atoms with Crippen molar-refractivity contribution in [3.8, 4) is 0 Å². The van der Waals surface area contributed by atoms with E-state index in [-0.39, 0.29) is 11.9 Å². The molecular weight excluding hydrogens is 270 g/mol. The summed E-state index contributed by atoms with van der Waals surface area (Å²) < 4.78 is 18.4. The van der Waals surface area contributed by atoms with Gasteiger partial charge >= 0.3 is 5.97 Å². The van der Waals surface area contributed by atoms with Gasteiger partial charge in [-0.3, -0.25) is 9.00 Å². The van der Waals surface area contributed by atoms with Gasteiger partial charge in [0.05, 0.1) is 27.1 Å². The van der Waals surface area contributed by atoms with Crippen LogP contribution in [0, 0.1) is 0 Å². The van der Waals surface area contributed by atoms with Crippen molar-refractivity contribution in [2.75, 3.05) is 5.75 Å². The van der Waals surface area contributed by atoms with Crippen molar-refractivity contribution < 1.29 is 13.7 Å². The quantitative estimate of drug-likeness (QED) is 0.808. The second-order valence-electron chi connectivity index (χ2n) is 3.98. The lowest BCUT2D eigenvalue weighted by atomic mass is 10.3. The first-order valence-corrected chi connectivity index (χ1v) is 7.63. The first-order chi connectivity index (χ1) is 8.56. The molecule has 2 rings (SSSR count). The van der Waals surface area contributed by atoms with E-state index in [1.165, 1.54) is 11.3 Å². The van der Waals surface area contributed by atoms with Crippen LogP contribution in [0.25, 0.3) is 10.2 Å². The van der Waals surface area contributed by atoms with E-state index in [4.69, 9.17) is 4.74 Å². The van der Waals surface area contributed by atoms with Gasteiger partial charge in [-0.2, -0.15) is 0 Å². The Bertz CT molecular complexity index is 559. The average molecular weight is 283 g/mol. The predicted octanol–water partition coefficient (Wildman–Crippen LogP) is 2.36. The van der Waals surface area contributed by atoms with Gasteiger partial charge in [0.1, 0.15) is 5.75 Å². The molecule has 18 heavy (non-hydrogen) atoms. The number of thiazole rings is 1. The molecule has 6 heteroatoms.